The Balaban J connectivity index is 1.85. The van der Waals surface area contributed by atoms with E-state index in [2.05, 4.69) is 22.3 Å². The molecule has 1 atom stereocenters. The van der Waals surface area contributed by atoms with Crippen molar-refractivity contribution >= 4 is 17.3 Å². The fourth-order valence-corrected chi connectivity index (χ4v) is 3.69. The number of halogens is 1. The lowest BCUT2D eigenvalue weighted by Crippen LogP contribution is -2.12. The van der Waals surface area contributed by atoms with Crippen molar-refractivity contribution in [2.45, 2.75) is 25.4 Å². The second kappa shape index (κ2) is 7.54. The molecule has 0 saturated carbocycles. The summed E-state index contributed by atoms with van der Waals surface area (Å²) < 4.78 is 11.0. The molecule has 0 fully saturated rings. The number of hydrogen-bond donors (Lipinski definition) is 1. The molecule has 2 aromatic rings. The number of fused-ring (bicyclic) bond motifs is 1. The van der Waals surface area contributed by atoms with Crippen LogP contribution in [0.4, 0.5) is 5.69 Å². The van der Waals surface area contributed by atoms with Crippen molar-refractivity contribution in [2.75, 3.05) is 33.6 Å². The average molecular weight is 361 g/mol. The van der Waals surface area contributed by atoms with E-state index in [-0.39, 0.29) is 6.04 Å². The third kappa shape index (κ3) is 3.70. The number of benzene rings is 2. The minimum Gasteiger partial charge on any atom is -0.493 e. The minimum atomic E-state index is 0.267. The van der Waals surface area contributed by atoms with Gasteiger partial charge in [-0.15, -0.1) is 0 Å². The van der Waals surface area contributed by atoms with E-state index in [1.165, 1.54) is 11.1 Å². The molecule has 134 valence electrons. The van der Waals surface area contributed by atoms with Gasteiger partial charge >= 0.3 is 0 Å². The molecule has 0 saturated heterocycles. The van der Waals surface area contributed by atoms with E-state index in [1.807, 2.05) is 32.3 Å². The SMILES string of the molecule is COc1ccc2c(c1OC)CC[C@@H]2Nc1ccc(Cl)c(CN(C)C)c1. The van der Waals surface area contributed by atoms with E-state index >= 15 is 0 Å². The first-order valence-corrected chi connectivity index (χ1v) is 8.84. The lowest BCUT2D eigenvalue weighted by molar-refractivity contribution is 0.352. The number of ether oxygens (including phenoxy) is 2. The Hall–Kier alpha value is -1.91. The highest BCUT2D eigenvalue weighted by Gasteiger charge is 2.27. The van der Waals surface area contributed by atoms with Crippen LogP contribution in [-0.4, -0.2) is 33.2 Å². The first-order valence-electron chi connectivity index (χ1n) is 8.47. The predicted octanol–water partition coefficient (Wildman–Crippen LogP) is 4.52. The van der Waals surface area contributed by atoms with Gasteiger partial charge in [0, 0.05) is 22.8 Å². The summed E-state index contributed by atoms with van der Waals surface area (Å²) in [7, 11) is 7.47. The van der Waals surface area contributed by atoms with Crippen LogP contribution in [0.3, 0.4) is 0 Å². The van der Waals surface area contributed by atoms with Gasteiger partial charge in [0.1, 0.15) is 0 Å². The Bertz CT molecular complexity index is 762. The molecule has 0 amide bonds. The van der Waals surface area contributed by atoms with Crippen LogP contribution in [0.15, 0.2) is 30.3 Å². The van der Waals surface area contributed by atoms with E-state index in [0.29, 0.717) is 0 Å². The molecule has 1 aliphatic rings. The van der Waals surface area contributed by atoms with Crippen LogP contribution in [0.2, 0.25) is 5.02 Å². The topological polar surface area (TPSA) is 33.7 Å². The van der Waals surface area contributed by atoms with Gasteiger partial charge in [0.25, 0.3) is 0 Å². The van der Waals surface area contributed by atoms with Gasteiger partial charge in [0.05, 0.1) is 20.3 Å². The second-order valence-corrected chi connectivity index (χ2v) is 7.06. The Labute approximate surface area is 154 Å². The van der Waals surface area contributed by atoms with Crippen LogP contribution in [-0.2, 0) is 13.0 Å². The van der Waals surface area contributed by atoms with Gasteiger partial charge in [-0.2, -0.15) is 0 Å². The third-order valence-corrected chi connectivity index (χ3v) is 4.98. The molecule has 0 bridgehead atoms. The maximum atomic E-state index is 6.33. The number of rotatable bonds is 6. The van der Waals surface area contributed by atoms with Crippen LogP contribution in [0, 0.1) is 0 Å². The highest BCUT2D eigenvalue weighted by molar-refractivity contribution is 6.31. The van der Waals surface area contributed by atoms with Gasteiger partial charge in [-0.3, -0.25) is 0 Å². The van der Waals surface area contributed by atoms with Crippen LogP contribution >= 0.6 is 11.6 Å². The summed E-state index contributed by atoms with van der Waals surface area (Å²) in [6, 6.07) is 10.5. The molecule has 1 aliphatic carbocycles. The highest BCUT2D eigenvalue weighted by Crippen LogP contribution is 2.43. The molecule has 2 aromatic carbocycles. The summed E-state index contributed by atoms with van der Waals surface area (Å²) in [5.74, 6) is 1.65. The second-order valence-electron chi connectivity index (χ2n) is 6.65. The zero-order valence-corrected chi connectivity index (χ0v) is 16.0. The zero-order valence-electron chi connectivity index (χ0n) is 15.2. The summed E-state index contributed by atoms with van der Waals surface area (Å²) >= 11 is 6.33. The van der Waals surface area contributed by atoms with Gasteiger partial charge in [0.2, 0.25) is 0 Å². The number of nitrogens with zero attached hydrogens (tertiary/aromatic N) is 1. The fourth-order valence-electron chi connectivity index (χ4n) is 3.51. The van der Waals surface area contributed by atoms with Crippen molar-refractivity contribution in [2.24, 2.45) is 0 Å². The van der Waals surface area contributed by atoms with Gasteiger partial charge < -0.3 is 19.7 Å². The standard InChI is InChI=1S/C20H25ClN2O2/c1-23(2)12-13-11-14(5-8-17(13)21)22-18-9-6-16-15(18)7-10-19(24-3)20(16)25-4/h5,7-8,10-11,18,22H,6,9,12H2,1-4H3/t18-/m0/s1. The normalized spacial score (nSPS) is 16.0. The summed E-state index contributed by atoms with van der Waals surface area (Å²) in [6.07, 6.45) is 2.01. The van der Waals surface area contributed by atoms with Crippen molar-refractivity contribution in [1.82, 2.24) is 4.90 Å². The van der Waals surface area contributed by atoms with Gasteiger partial charge in [0.15, 0.2) is 11.5 Å². The van der Waals surface area contributed by atoms with Gasteiger partial charge in [-0.25, -0.2) is 0 Å². The van der Waals surface area contributed by atoms with E-state index in [9.17, 15) is 0 Å². The molecule has 3 rings (SSSR count). The number of nitrogens with one attached hydrogen (secondary N) is 1. The zero-order chi connectivity index (χ0) is 18.0. The highest BCUT2D eigenvalue weighted by atomic mass is 35.5. The number of methoxy groups -OCH3 is 2. The van der Waals surface area contributed by atoms with Crippen molar-refractivity contribution in [3.8, 4) is 11.5 Å². The van der Waals surface area contributed by atoms with E-state index in [4.69, 9.17) is 21.1 Å². The molecule has 0 spiro atoms. The number of hydrogen-bond acceptors (Lipinski definition) is 4. The summed E-state index contributed by atoms with van der Waals surface area (Å²) in [5.41, 5.74) is 4.74. The molecular formula is C20H25ClN2O2. The van der Waals surface area contributed by atoms with Crippen LogP contribution in [0.25, 0.3) is 0 Å². The number of anilines is 1. The predicted molar refractivity (Wildman–Crippen MR) is 103 cm³/mol. The smallest absolute Gasteiger partial charge is 0.164 e. The average Bonchev–Trinajstić information content (AvgIpc) is 2.99. The molecule has 4 nitrogen and oxygen atoms in total. The van der Waals surface area contributed by atoms with E-state index in [1.54, 1.807) is 14.2 Å². The lowest BCUT2D eigenvalue weighted by Gasteiger charge is -2.19. The summed E-state index contributed by atoms with van der Waals surface area (Å²) in [5, 5.41) is 4.46. The van der Waals surface area contributed by atoms with Crippen LogP contribution in [0.5, 0.6) is 11.5 Å². The van der Waals surface area contributed by atoms with Crippen molar-refractivity contribution in [1.29, 1.82) is 0 Å². The maximum Gasteiger partial charge on any atom is 0.164 e. The van der Waals surface area contributed by atoms with Crippen molar-refractivity contribution in [3.63, 3.8) is 0 Å². The van der Waals surface area contributed by atoms with E-state index < -0.39 is 0 Å². The summed E-state index contributed by atoms with van der Waals surface area (Å²) in [6.45, 7) is 0.820. The Morgan fingerprint density at radius 2 is 1.96 bits per heavy atom. The maximum absolute atomic E-state index is 6.33. The monoisotopic (exact) mass is 360 g/mol. The molecular weight excluding hydrogens is 336 g/mol. The Kier molecular flexibility index (Phi) is 5.40. The molecule has 1 N–H and O–H groups in total. The lowest BCUT2D eigenvalue weighted by atomic mass is 10.1. The molecule has 0 heterocycles. The third-order valence-electron chi connectivity index (χ3n) is 4.62. The summed E-state index contributed by atoms with van der Waals surface area (Å²) in [4.78, 5) is 2.12. The van der Waals surface area contributed by atoms with Crippen LogP contribution < -0.4 is 14.8 Å². The quantitative estimate of drug-likeness (QED) is 0.821. The largest absolute Gasteiger partial charge is 0.493 e. The van der Waals surface area contributed by atoms with Gasteiger partial charge in [-0.05, 0) is 62.3 Å². The molecule has 5 heteroatoms. The Morgan fingerprint density at radius 1 is 1.16 bits per heavy atom. The molecule has 0 aliphatic heterocycles. The molecule has 0 unspecified atom stereocenters. The Morgan fingerprint density at radius 3 is 2.64 bits per heavy atom. The van der Waals surface area contributed by atoms with Gasteiger partial charge in [-0.1, -0.05) is 17.7 Å². The first kappa shape index (κ1) is 17.9. The fraction of sp³-hybridized carbons (Fsp3) is 0.400. The first-order chi connectivity index (χ1) is 12.0. The molecule has 25 heavy (non-hydrogen) atoms. The minimum absolute atomic E-state index is 0.267. The molecule has 0 radical (unpaired) electrons. The van der Waals surface area contributed by atoms with Crippen molar-refractivity contribution < 1.29 is 9.47 Å². The van der Waals surface area contributed by atoms with Crippen LogP contribution in [0.1, 0.15) is 29.2 Å². The van der Waals surface area contributed by atoms with Crippen molar-refractivity contribution in [3.05, 3.63) is 52.0 Å². The van der Waals surface area contributed by atoms with E-state index in [0.717, 1.165) is 47.2 Å². The molecule has 0 aromatic heterocycles.